The van der Waals surface area contributed by atoms with Crippen LogP contribution < -0.4 is 4.57 Å². The molecule has 32 heavy (non-hydrogen) atoms. The largest absolute Gasteiger partial charge is 0.437 e. The maximum atomic E-state index is 6.45. The molecular formula is C29H29N2O+. The van der Waals surface area contributed by atoms with Crippen LogP contribution in [0.15, 0.2) is 65.2 Å². The van der Waals surface area contributed by atoms with Gasteiger partial charge < -0.3 is 4.42 Å². The Kier molecular flexibility index (Phi) is 4.71. The maximum Gasteiger partial charge on any atom is 0.227 e. The van der Waals surface area contributed by atoms with Crippen molar-refractivity contribution in [2.75, 3.05) is 0 Å². The van der Waals surface area contributed by atoms with Crippen molar-refractivity contribution in [2.45, 2.75) is 45.4 Å². The Balaban J connectivity index is 1.53. The normalized spacial score (nSPS) is 15.2. The highest BCUT2D eigenvalue weighted by atomic mass is 16.3. The number of fused-ring (bicyclic) bond motifs is 4. The second-order valence-electron chi connectivity index (χ2n) is 9.51. The van der Waals surface area contributed by atoms with Crippen LogP contribution in [0, 0.1) is 12.8 Å². The minimum absolute atomic E-state index is 0.714. The Bertz CT molecular complexity index is 1460. The lowest BCUT2D eigenvalue weighted by atomic mass is 9.85. The molecule has 6 rings (SSSR count). The Morgan fingerprint density at radius 1 is 0.969 bits per heavy atom. The van der Waals surface area contributed by atoms with Gasteiger partial charge in [-0.1, -0.05) is 62.4 Å². The fourth-order valence-corrected chi connectivity index (χ4v) is 5.50. The van der Waals surface area contributed by atoms with Crippen molar-refractivity contribution in [1.29, 1.82) is 0 Å². The van der Waals surface area contributed by atoms with E-state index in [1.54, 1.807) is 0 Å². The van der Waals surface area contributed by atoms with Gasteiger partial charge in [0.1, 0.15) is 7.05 Å². The number of rotatable bonds is 3. The maximum absolute atomic E-state index is 6.45. The minimum Gasteiger partial charge on any atom is -0.437 e. The fraction of sp³-hybridized carbons (Fsp3) is 0.310. The SMILES string of the molecule is Cc1ccc2c(oc3nc4ccccc4cc32)c1-c1cc(CC2CCCCC2)cc[n+]1C. The van der Waals surface area contributed by atoms with Gasteiger partial charge in [-0.15, -0.1) is 0 Å². The van der Waals surface area contributed by atoms with Crippen LogP contribution >= 0.6 is 0 Å². The van der Waals surface area contributed by atoms with Crippen molar-refractivity contribution in [3.8, 4) is 11.3 Å². The van der Waals surface area contributed by atoms with Gasteiger partial charge in [-0.05, 0) is 42.5 Å². The molecule has 1 fully saturated rings. The van der Waals surface area contributed by atoms with Crippen LogP contribution in [0.5, 0.6) is 0 Å². The van der Waals surface area contributed by atoms with Crippen LogP contribution in [-0.4, -0.2) is 4.98 Å². The number of hydrogen-bond acceptors (Lipinski definition) is 2. The summed E-state index contributed by atoms with van der Waals surface area (Å²) >= 11 is 0. The first-order chi connectivity index (χ1) is 15.7. The van der Waals surface area contributed by atoms with Crippen molar-refractivity contribution in [2.24, 2.45) is 13.0 Å². The van der Waals surface area contributed by atoms with Gasteiger partial charge in [0, 0.05) is 28.3 Å². The molecule has 0 atom stereocenters. The van der Waals surface area contributed by atoms with E-state index in [1.165, 1.54) is 60.9 Å². The predicted molar refractivity (Wildman–Crippen MR) is 131 cm³/mol. The summed E-state index contributed by atoms with van der Waals surface area (Å²) in [4.78, 5) is 4.82. The van der Waals surface area contributed by atoms with Crippen LogP contribution in [0.4, 0.5) is 0 Å². The van der Waals surface area contributed by atoms with Crippen LogP contribution in [-0.2, 0) is 13.5 Å². The van der Waals surface area contributed by atoms with Crippen molar-refractivity contribution in [3.05, 3.63) is 71.9 Å². The van der Waals surface area contributed by atoms with Gasteiger partial charge in [0.05, 0.1) is 11.1 Å². The number of furan rings is 1. The summed E-state index contributed by atoms with van der Waals surface area (Å²) in [5.41, 5.74) is 7.67. The number of aromatic nitrogens is 2. The number of hydrogen-bond donors (Lipinski definition) is 0. The van der Waals surface area contributed by atoms with E-state index in [0.717, 1.165) is 33.2 Å². The van der Waals surface area contributed by atoms with Crippen LogP contribution in [0.1, 0.15) is 43.2 Å². The van der Waals surface area contributed by atoms with Gasteiger partial charge in [-0.3, -0.25) is 0 Å². The molecule has 0 amide bonds. The Hall–Kier alpha value is -3.20. The molecule has 1 aliphatic rings. The van der Waals surface area contributed by atoms with Crippen LogP contribution in [0.3, 0.4) is 0 Å². The minimum atomic E-state index is 0.714. The molecule has 3 heteroatoms. The first kappa shape index (κ1) is 19.5. The molecule has 1 aliphatic carbocycles. The third kappa shape index (κ3) is 3.28. The van der Waals surface area contributed by atoms with E-state index >= 15 is 0 Å². The summed E-state index contributed by atoms with van der Waals surface area (Å²) in [7, 11) is 2.13. The zero-order valence-electron chi connectivity index (χ0n) is 18.9. The smallest absolute Gasteiger partial charge is 0.227 e. The number of benzene rings is 2. The molecule has 160 valence electrons. The third-order valence-corrected chi connectivity index (χ3v) is 7.26. The van der Waals surface area contributed by atoms with E-state index in [4.69, 9.17) is 9.40 Å². The summed E-state index contributed by atoms with van der Waals surface area (Å²) < 4.78 is 8.67. The summed E-state index contributed by atoms with van der Waals surface area (Å²) in [5.74, 6) is 0.823. The van der Waals surface area contributed by atoms with Gasteiger partial charge in [-0.25, -0.2) is 9.55 Å². The Labute approximate surface area is 188 Å². The zero-order chi connectivity index (χ0) is 21.7. The van der Waals surface area contributed by atoms with E-state index in [-0.39, 0.29) is 0 Å². The molecule has 0 bridgehead atoms. The Morgan fingerprint density at radius 2 is 1.81 bits per heavy atom. The first-order valence-corrected chi connectivity index (χ1v) is 11.9. The van der Waals surface area contributed by atoms with Crippen molar-refractivity contribution in [1.82, 2.24) is 4.98 Å². The first-order valence-electron chi connectivity index (χ1n) is 11.9. The number of nitrogens with zero attached hydrogens (tertiary/aromatic N) is 2. The lowest BCUT2D eigenvalue weighted by Crippen LogP contribution is -2.31. The van der Waals surface area contributed by atoms with Crippen molar-refractivity contribution < 1.29 is 8.98 Å². The monoisotopic (exact) mass is 421 g/mol. The average Bonchev–Trinajstić information content (AvgIpc) is 3.17. The number of para-hydroxylation sites is 1. The molecule has 3 nitrogen and oxygen atoms in total. The van der Waals surface area contributed by atoms with Gasteiger partial charge in [0.2, 0.25) is 11.4 Å². The average molecular weight is 422 g/mol. The van der Waals surface area contributed by atoms with Crippen LogP contribution in [0.25, 0.3) is 44.2 Å². The standard InChI is InChI=1S/C29H29N2O/c1-19-12-13-23-24-18-22-10-6-7-11-25(22)30-29(24)32-28(23)27(19)26-17-21(14-15-31(26)2)16-20-8-4-3-5-9-20/h6-7,10-15,17-18,20H,3-5,8-9,16H2,1-2H3/q+1. The van der Waals surface area contributed by atoms with Crippen molar-refractivity contribution >= 4 is 33.0 Å². The molecule has 0 aliphatic heterocycles. The molecule has 0 saturated heterocycles. The molecule has 0 N–H and O–H groups in total. The van der Waals surface area contributed by atoms with E-state index in [9.17, 15) is 0 Å². The molecule has 0 spiro atoms. The summed E-state index contributed by atoms with van der Waals surface area (Å²) in [6.07, 6.45) is 10.3. The van der Waals surface area contributed by atoms with E-state index in [0.29, 0.717) is 5.71 Å². The molecule has 3 aromatic heterocycles. The van der Waals surface area contributed by atoms with Crippen LogP contribution in [0.2, 0.25) is 0 Å². The molecule has 0 radical (unpaired) electrons. The topological polar surface area (TPSA) is 29.9 Å². The van der Waals surface area contributed by atoms with E-state index in [1.807, 2.05) is 12.1 Å². The lowest BCUT2D eigenvalue weighted by Gasteiger charge is -2.21. The lowest BCUT2D eigenvalue weighted by molar-refractivity contribution is -0.660. The van der Waals surface area contributed by atoms with Gasteiger partial charge >= 0.3 is 0 Å². The highest BCUT2D eigenvalue weighted by Crippen LogP contribution is 2.38. The fourth-order valence-electron chi connectivity index (χ4n) is 5.50. The zero-order valence-corrected chi connectivity index (χ0v) is 18.9. The highest BCUT2D eigenvalue weighted by Gasteiger charge is 2.23. The summed E-state index contributed by atoms with van der Waals surface area (Å²) in [5, 5.41) is 3.36. The number of aryl methyl sites for hydroxylation is 2. The van der Waals surface area contributed by atoms with E-state index < -0.39 is 0 Å². The second kappa shape index (κ2) is 7.74. The predicted octanol–water partition coefficient (Wildman–Crippen LogP) is 7.06. The third-order valence-electron chi connectivity index (χ3n) is 7.26. The number of pyridine rings is 2. The van der Waals surface area contributed by atoms with Gasteiger partial charge in [0.15, 0.2) is 11.8 Å². The summed E-state index contributed by atoms with van der Waals surface area (Å²) in [6, 6.07) is 19.5. The van der Waals surface area contributed by atoms with Crippen molar-refractivity contribution in [3.63, 3.8) is 0 Å². The highest BCUT2D eigenvalue weighted by molar-refractivity contribution is 6.11. The molecule has 5 aromatic rings. The molecule has 3 heterocycles. The quantitative estimate of drug-likeness (QED) is 0.292. The molecule has 2 aromatic carbocycles. The molecule has 1 saturated carbocycles. The molecular weight excluding hydrogens is 392 g/mol. The van der Waals surface area contributed by atoms with Gasteiger partial charge in [-0.2, -0.15) is 0 Å². The Morgan fingerprint density at radius 3 is 2.69 bits per heavy atom. The second-order valence-corrected chi connectivity index (χ2v) is 9.51. The van der Waals surface area contributed by atoms with Gasteiger partial charge in [0.25, 0.3) is 0 Å². The summed E-state index contributed by atoms with van der Waals surface area (Å²) in [6.45, 7) is 2.18. The van der Waals surface area contributed by atoms with E-state index in [2.05, 4.69) is 67.2 Å². The molecule has 0 unspecified atom stereocenters.